The lowest BCUT2D eigenvalue weighted by Crippen LogP contribution is -2.08. The second-order valence-corrected chi connectivity index (χ2v) is 5.24. The van der Waals surface area contributed by atoms with E-state index in [2.05, 4.69) is 25.4 Å². The van der Waals surface area contributed by atoms with Crippen LogP contribution in [-0.4, -0.2) is 20.1 Å². The van der Waals surface area contributed by atoms with Gasteiger partial charge in [0.25, 0.3) is 0 Å². The summed E-state index contributed by atoms with van der Waals surface area (Å²) in [7, 11) is 0. The van der Waals surface area contributed by atoms with Crippen molar-refractivity contribution in [2.45, 2.75) is 19.9 Å². The Morgan fingerprint density at radius 1 is 1.18 bits per heavy atom. The van der Waals surface area contributed by atoms with Crippen molar-refractivity contribution in [3.05, 3.63) is 53.3 Å². The Hall–Kier alpha value is -2.47. The number of anilines is 1. The van der Waals surface area contributed by atoms with Crippen LogP contribution in [0, 0.1) is 6.92 Å². The predicted molar refractivity (Wildman–Crippen MR) is 83.6 cm³/mol. The van der Waals surface area contributed by atoms with E-state index in [1.54, 1.807) is 13.0 Å². The maximum absolute atomic E-state index is 5.85. The summed E-state index contributed by atoms with van der Waals surface area (Å²) in [6.07, 6.45) is 1.43. The zero-order chi connectivity index (χ0) is 15.5. The van der Waals surface area contributed by atoms with Crippen molar-refractivity contribution in [3.63, 3.8) is 0 Å². The largest absolute Gasteiger partial charge is 0.363 e. The predicted octanol–water partition coefficient (Wildman–Crippen LogP) is 3.66. The monoisotopic (exact) mass is 315 g/mol. The molecule has 0 radical (unpaired) electrons. The number of aromatic nitrogens is 4. The fraction of sp³-hybridized carbons (Fsp3) is 0.200. The van der Waals surface area contributed by atoms with Gasteiger partial charge in [0, 0.05) is 24.6 Å². The topological polar surface area (TPSA) is 76.7 Å². The van der Waals surface area contributed by atoms with E-state index in [1.165, 1.54) is 6.33 Å². The summed E-state index contributed by atoms with van der Waals surface area (Å²) in [4.78, 5) is 12.2. The third kappa shape index (κ3) is 3.23. The highest BCUT2D eigenvalue weighted by atomic mass is 35.5. The number of nitrogens with zero attached hydrogens (tertiary/aromatic N) is 4. The van der Waals surface area contributed by atoms with E-state index in [4.69, 9.17) is 16.1 Å². The second-order valence-electron chi connectivity index (χ2n) is 4.85. The third-order valence-corrected chi connectivity index (χ3v) is 3.40. The van der Waals surface area contributed by atoms with Crippen LogP contribution in [0.25, 0.3) is 11.4 Å². The molecule has 0 bridgehead atoms. The summed E-state index contributed by atoms with van der Waals surface area (Å²) < 4.78 is 4.99. The molecule has 0 spiro atoms. The minimum Gasteiger partial charge on any atom is -0.363 e. The number of aryl methyl sites for hydroxylation is 1. The van der Waals surface area contributed by atoms with Crippen LogP contribution in [-0.2, 0) is 0 Å². The molecule has 0 aliphatic carbocycles. The molecule has 6 nitrogen and oxygen atoms in total. The van der Waals surface area contributed by atoms with Crippen LogP contribution in [0.15, 0.2) is 41.2 Å². The van der Waals surface area contributed by atoms with Crippen LogP contribution in [0.1, 0.15) is 24.4 Å². The average Bonchev–Trinajstić information content (AvgIpc) is 2.94. The van der Waals surface area contributed by atoms with Gasteiger partial charge in [-0.2, -0.15) is 4.98 Å². The molecule has 1 N–H and O–H groups in total. The van der Waals surface area contributed by atoms with Gasteiger partial charge in [0.15, 0.2) is 0 Å². The minimum atomic E-state index is 0.0759. The van der Waals surface area contributed by atoms with Crippen molar-refractivity contribution in [1.82, 2.24) is 20.1 Å². The molecule has 0 aliphatic heterocycles. The highest BCUT2D eigenvalue weighted by Gasteiger charge is 2.09. The number of halogens is 1. The summed E-state index contributed by atoms with van der Waals surface area (Å²) in [5, 5.41) is 7.59. The first-order valence-electron chi connectivity index (χ1n) is 6.76. The lowest BCUT2D eigenvalue weighted by molar-refractivity contribution is 0.394. The second kappa shape index (κ2) is 6.11. The Morgan fingerprint density at radius 2 is 1.95 bits per heavy atom. The van der Waals surface area contributed by atoms with Gasteiger partial charge in [0.1, 0.15) is 17.3 Å². The molecular weight excluding hydrogens is 302 g/mol. The summed E-state index contributed by atoms with van der Waals surface area (Å²) in [5.74, 6) is 1.83. The third-order valence-electron chi connectivity index (χ3n) is 3.19. The fourth-order valence-electron chi connectivity index (χ4n) is 2.06. The SMILES string of the molecule is Cc1nc(-c2ccc(C(C)Nc3cc(Cl)ncn3)cc2)no1. The number of rotatable bonds is 4. The maximum atomic E-state index is 5.85. The summed E-state index contributed by atoms with van der Waals surface area (Å²) in [5.41, 5.74) is 2.02. The number of hydrogen-bond acceptors (Lipinski definition) is 6. The molecule has 0 saturated heterocycles. The van der Waals surface area contributed by atoms with Crippen molar-refractivity contribution < 1.29 is 4.52 Å². The normalized spacial score (nSPS) is 12.1. The van der Waals surface area contributed by atoms with Crippen LogP contribution >= 0.6 is 11.6 Å². The number of nitrogens with one attached hydrogen (secondary N) is 1. The number of benzene rings is 1. The van der Waals surface area contributed by atoms with Crippen LogP contribution in [0.2, 0.25) is 5.15 Å². The summed E-state index contributed by atoms with van der Waals surface area (Å²) in [6, 6.07) is 9.72. The minimum absolute atomic E-state index is 0.0759. The van der Waals surface area contributed by atoms with E-state index >= 15 is 0 Å². The van der Waals surface area contributed by atoms with E-state index in [9.17, 15) is 0 Å². The zero-order valence-electron chi connectivity index (χ0n) is 12.1. The van der Waals surface area contributed by atoms with Gasteiger partial charge in [-0.3, -0.25) is 0 Å². The van der Waals surface area contributed by atoms with Gasteiger partial charge >= 0.3 is 0 Å². The lowest BCUT2D eigenvalue weighted by Gasteiger charge is -2.15. The molecule has 112 valence electrons. The van der Waals surface area contributed by atoms with E-state index < -0.39 is 0 Å². The Kier molecular flexibility index (Phi) is 4.02. The Bertz CT molecular complexity index is 772. The van der Waals surface area contributed by atoms with Gasteiger partial charge in [0.05, 0.1) is 0 Å². The Morgan fingerprint density at radius 3 is 2.59 bits per heavy atom. The molecule has 2 aromatic heterocycles. The molecule has 1 atom stereocenters. The molecule has 0 aliphatic rings. The molecule has 0 amide bonds. The van der Waals surface area contributed by atoms with Gasteiger partial charge in [-0.1, -0.05) is 41.0 Å². The first kappa shape index (κ1) is 14.5. The first-order valence-corrected chi connectivity index (χ1v) is 7.14. The first-order chi connectivity index (χ1) is 10.6. The molecule has 0 fully saturated rings. The lowest BCUT2D eigenvalue weighted by atomic mass is 10.1. The van der Waals surface area contributed by atoms with Crippen molar-refractivity contribution >= 4 is 17.4 Å². The highest BCUT2D eigenvalue weighted by Crippen LogP contribution is 2.22. The molecule has 1 aromatic carbocycles. The molecule has 3 rings (SSSR count). The Balaban J connectivity index is 1.74. The molecular formula is C15H14ClN5O. The Labute approximate surface area is 132 Å². The average molecular weight is 316 g/mol. The van der Waals surface area contributed by atoms with E-state index in [1.807, 2.05) is 31.2 Å². The highest BCUT2D eigenvalue weighted by molar-refractivity contribution is 6.29. The van der Waals surface area contributed by atoms with Gasteiger partial charge in [0.2, 0.25) is 11.7 Å². The van der Waals surface area contributed by atoms with Crippen molar-refractivity contribution in [3.8, 4) is 11.4 Å². The van der Waals surface area contributed by atoms with Gasteiger partial charge in [-0.15, -0.1) is 0 Å². The molecule has 1 unspecified atom stereocenters. The number of hydrogen-bond donors (Lipinski definition) is 1. The molecule has 3 aromatic rings. The molecule has 22 heavy (non-hydrogen) atoms. The van der Waals surface area contributed by atoms with Crippen molar-refractivity contribution in [2.24, 2.45) is 0 Å². The van der Waals surface area contributed by atoms with E-state index in [-0.39, 0.29) is 6.04 Å². The standard InChI is InChI=1S/C15H14ClN5O/c1-9(19-14-7-13(16)17-8-18-14)11-3-5-12(6-4-11)15-20-10(2)22-21-15/h3-9H,1-2H3,(H,17,18,19). The van der Waals surface area contributed by atoms with Gasteiger partial charge < -0.3 is 9.84 Å². The fourth-order valence-corrected chi connectivity index (χ4v) is 2.20. The zero-order valence-corrected chi connectivity index (χ0v) is 12.9. The van der Waals surface area contributed by atoms with Gasteiger partial charge in [-0.25, -0.2) is 9.97 Å². The van der Waals surface area contributed by atoms with E-state index in [0.717, 1.165) is 11.1 Å². The maximum Gasteiger partial charge on any atom is 0.223 e. The summed E-state index contributed by atoms with van der Waals surface area (Å²) in [6.45, 7) is 3.81. The molecule has 2 heterocycles. The summed E-state index contributed by atoms with van der Waals surface area (Å²) >= 11 is 5.85. The van der Waals surface area contributed by atoms with Crippen molar-refractivity contribution in [1.29, 1.82) is 0 Å². The van der Waals surface area contributed by atoms with Crippen LogP contribution in [0.3, 0.4) is 0 Å². The molecule has 7 heteroatoms. The van der Waals surface area contributed by atoms with Crippen molar-refractivity contribution in [2.75, 3.05) is 5.32 Å². The molecule has 0 saturated carbocycles. The van der Waals surface area contributed by atoms with Crippen LogP contribution in [0.5, 0.6) is 0 Å². The van der Waals surface area contributed by atoms with E-state index in [0.29, 0.717) is 22.7 Å². The quantitative estimate of drug-likeness (QED) is 0.740. The smallest absolute Gasteiger partial charge is 0.223 e. The van der Waals surface area contributed by atoms with Gasteiger partial charge in [-0.05, 0) is 12.5 Å². The van der Waals surface area contributed by atoms with Crippen LogP contribution < -0.4 is 5.32 Å². The van der Waals surface area contributed by atoms with Crippen LogP contribution in [0.4, 0.5) is 5.82 Å².